The van der Waals surface area contributed by atoms with Crippen molar-refractivity contribution in [2.45, 2.75) is 6.54 Å². The average molecular weight is 257 g/mol. The van der Waals surface area contributed by atoms with Gasteiger partial charge < -0.3 is 5.32 Å². The maximum atomic E-state index is 5.41. The lowest BCUT2D eigenvalue weighted by Crippen LogP contribution is -1.99. The van der Waals surface area contributed by atoms with Crippen molar-refractivity contribution >= 4 is 16.5 Å². The van der Waals surface area contributed by atoms with Crippen LogP contribution in [0.4, 0.5) is 5.69 Å². The summed E-state index contributed by atoms with van der Waals surface area (Å²) in [7, 11) is 0. The van der Waals surface area contributed by atoms with Crippen LogP contribution in [0.25, 0.3) is 10.8 Å². The first kappa shape index (κ1) is 12.3. The van der Waals surface area contributed by atoms with E-state index in [-0.39, 0.29) is 0 Å². The molecule has 3 aromatic rings. The summed E-state index contributed by atoms with van der Waals surface area (Å²) in [6.45, 7) is 0.791. The molecule has 0 radical (unpaired) electrons. The van der Waals surface area contributed by atoms with Gasteiger partial charge in [-0.2, -0.15) is 0 Å². The van der Waals surface area contributed by atoms with E-state index in [1.807, 2.05) is 24.3 Å². The van der Waals surface area contributed by atoms with Crippen molar-refractivity contribution in [2.75, 3.05) is 5.32 Å². The molecule has 0 aliphatic rings. The molecule has 1 N–H and O–H groups in total. The summed E-state index contributed by atoms with van der Waals surface area (Å²) < 4.78 is 0. The van der Waals surface area contributed by atoms with Crippen LogP contribution in [0.1, 0.15) is 11.1 Å². The van der Waals surface area contributed by atoms with E-state index >= 15 is 0 Å². The van der Waals surface area contributed by atoms with Crippen LogP contribution in [0.5, 0.6) is 0 Å². The molecular weight excluding hydrogens is 242 g/mol. The van der Waals surface area contributed by atoms with Crippen molar-refractivity contribution in [2.24, 2.45) is 0 Å². The smallest absolute Gasteiger partial charge is 0.0401 e. The number of nitrogens with one attached hydrogen (secondary N) is 1. The molecule has 0 aliphatic carbocycles. The lowest BCUT2D eigenvalue weighted by molar-refractivity contribution is 1.15. The van der Waals surface area contributed by atoms with Gasteiger partial charge in [-0.15, -0.1) is 6.42 Å². The van der Waals surface area contributed by atoms with E-state index in [9.17, 15) is 0 Å². The van der Waals surface area contributed by atoms with E-state index in [1.165, 1.54) is 16.3 Å². The van der Waals surface area contributed by atoms with Crippen LogP contribution in [0.3, 0.4) is 0 Å². The van der Waals surface area contributed by atoms with Crippen LogP contribution in [-0.4, -0.2) is 0 Å². The number of fused-ring (bicyclic) bond motifs is 1. The molecule has 0 aliphatic heterocycles. The highest BCUT2D eigenvalue weighted by Gasteiger charge is 1.97. The number of rotatable bonds is 3. The third-order valence-corrected chi connectivity index (χ3v) is 3.34. The predicted octanol–water partition coefficient (Wildman–Crippen LogP) is 4.43. The maximum Gasteiger partial charge on any atom is 0.0401 e. The Morgan fingerprint density at radius 2 is 1.70 bits per heavy atom. The molecule has 0 unspecified atom stereocenters. The van der Waals surface area contributed by atoms with Gasteiger partial charge in [0.1, 0.15) is 0 Å². The minimum atomic E-state index is 0.791. The minimum absolute atomic E-state index is 0.791. The molecule has 3 aromatic carbocycles. The lowest BCUT2D eigenvalue weighted by atomic mass is 10.1. The first-order valence-corrected chi connectivity index (χ1v) is 6.63. The molecule has 0 fully saturated rings. The summed E-state index contributed by atoms with van der Waals surface area (Å²) in [5.74, 6) is 2.65. The molecule has 0 heterocycles. The molecule has 1 heteroatoms. The lowest BCUT2D eigenvalue weighted by Gasteiger charge is -2.08. The third kappa shape index (κ3) is 2.65. The molecule has 0 bridgehead atoms. The summed E-state index contributed by atoms with van der Waals surface area (Å²) in [5, 5.41) is 5.94. The highest BCUT2D eigenvalue weighted by molar-refractivity contribution is 5.83. The second kappa shape index (κ2) is 5.50. The van der Waals surface area contributed by atoms with Gasteiger partial charge in [-0.05, 0) is 40.6 Å². The van der Waals surface area contributed by atoms with Crippen LogP contribution >= 0.6 is 0 Å². The number of anilines is 1. The predicted molar refractivity (Wildman–Crippen MR) is 85.7 cm³/mol. The molecule has 0 amide bonds. The fourth-order valence-corrected chi connectivity index (χ4v) is 2.27. The van der Waals surface area contributed by atoms with E-state index in [4.69, 9.17) is 6.42 Å². The van der Waals surface area contributed by atoms with Gasteiger partial charge in [-0.25, -0.2) is 0 Å². The second-order valence-electron chi connectivity index (χ2n) is 4.76. The fourth-order valence-electron chi connectivity index (χ4n) is 2.27. The second-order valence-corrected chi connectivity index (χ2v) is 4.76. The number of hydrogen-bond acceptors (Lipinski definition) is 1. The van der Waals surface area contributed by atoms with Crippen molar-refractivity contribution in [3.63, 3.8) is 0 Å². The van der Waals surface area contributed by atoms with Gasteiger partial charge in [0.25, 0.3) is 0 Å². The Morgan fingerprint density at radius 3 is 2.55 bits per heavy atom. The number of terminal acetylenes is 1. The highest BCUT2D eigenvalue weighted by Crippen LogP contribution is 2.17. The third-order valence-electron chi connectivity index (χ3n) is 3.34. The molecule has 0 aromatic heterocycles. The summed E-state index contributed by atoms with van der Waals surface area (Å²) in [4.78, 5) is 0. The van der Waals surface area contributed by atoms with Crippen molar-refractivity contribution in [1.82, 2.24) is 0 Å². The minimum Gasteiger partial charge on any atom is -0.381 e. The molecule has 3 rings (SSSR count). The molecule has 0 atom stereocenters. The van der Waals surface area contributed by atoms with Gasteiger partial charge in [0, 0.05) is 17.8 Å². The Bertz CT molecular complexity index is 781. The van der Waals surface area contributed by atoms with Crippen molar-refractivity contribution in [1.29, 1.82) is 0 Å². The first-order chi connectivity index (χ1) is 9.85. The molecule has 0 spiro atoms. The zero-order valence-electron chi connectivity index (χ0n) is 11.1. The van der Waals surface area contributed by atoms with E-state index in [0.717, 1.165) is 17.8 Å². The summed E-state index contributed by atoms with van der Waals surface area (Å²) >= 11 is 0. The molecule has 0 saturated heterocycles. The van der Waals surface area contributed by atoms with Gasteiger partial charge in [0.05, 0.1) is 0 Å². The van der Waals surface area contributed by atoms with Crippen LogP contribution < -0.4 is 5.32 Å². The number of benzene rings is 3. The molecule has 96 valence electrons. The zero-order chi connectivity index (χ0) is 13.8. The summed E-state index contributed by atoms with van der Waals surface area (Å²) in [5.41, 5.74) is 3.21. The van der Waals surface area contributed by atoms with Crippen molar-refractivity contribution in [3.05, 3.63) is 77.9 Å². The van der Waals surface area contributed by atoms with Crippen molar-refractivity contribution in [3.8, 4) is 12.3 Å². The highest BCUT2D eigenvalue weighted by atomic mass is 14.9. The Balaban J connectivity index is 1.78. The topological polar surface area (TPSA) is 12.0 Å². The summed E-state index contributed by atoms with van der Waals surface area (Å²) in [6.07, 6.45) is 5.41. The maximum absolute atomic E-state index is 5.41. The van der Waals surface area contributed by atoms with Gasteiger partial charge in [0.2, 0.25) is 0 Å². The molecular formula is C19H15N. The normalized spacial score (nSPS) is 10.2. The van der Waals surface area contributed by atoms with Gasteiger partial charge in [-0.1, -0.05) is 48.4 Å². The molecule has 0 saturated carbocycles. The monoisotopic (exact) mass is 257 g/mol. The molecule has 20 heavy (non-hydrogen) atoms. The Hall–Kier alpha value is -2.72. The first-order valence-electron chi connectivity index (χ1n) is 6.63. The standard InChI is InChI=1S/C19H15N/c1-2-15-6-5-9-19(13-15)20-14-16-10-11-17-7-3-4-8-18(17)12-16/h1,3-13,20H,14H2. The Labute approximate surface area is 119 Å². The van der Waals surface area contributed by atoms with Crippen LogP contribution in [0.2, 0.25) is 0 Å². The van der Waals surface area contributed by atoms with Crippen molar-refractivity contribution < 1.29 is 0 Å². The van der Waals surface area contributed by atoms with Crippen LogP contribution in [0.15, 0.2) is 66.7 Å². The van der Waals surface area contributed by atoms with Gasteiger partial charge >= 0.3 is 0 Å². The quantitative estimate of drug-likeness (QED) is 0.684. The van der Waals surface area contributed by atoms with Crippen LogP contribution in [0, 0.1) is 12.3 Å². The van der Waals surface area contributed by atoms with E-state index in [2.05, 4.69) is 53.7 Å². The largest absolute Gasteiger partial charge is 0.381 e. The Morgan fingerprint density at radius 1 is 0.850 bits per heavy atom. The van der Waals surface area contributed by atoms with Crippen LogP contribution in [-0.2, 0) is 6.54 Å². The van der Waals surface area contributed by atoms with E-state index in [0.29, 0.717) is 0 Å². The molecule has 1 nitrogen and oxygen atoms in total. The van der Waals surface area contributed by atoms with E-state index in [1.54, 1.807) is 0 Å². The zero-order valence-corrected chi connectivity index (χ0v) is 11.1. The van der Waals surface area contributed by atoms with Gasteiger partial charge in [0.15, 0.2) is 0 Å². The average Bonchev–Trinajstić information content (AvgIpc) is 2.53. The van der Waals surface area contributed by atoms with Gasteiger partial charge in [-0.3, -0.25) is 0 Å². The Kier molecular flexibility index (Phi) is 3.39. The van der Waals surface area contributed by atoms with E-state index < -0.39 is 0 Å². The SMILES string of the molecule is C#Cc1cccc(NCc2ccc3ccccc3c2)c1. The summed E-state index contributed by atoms with van der Waals surface area (Å²) in [6, 6.07) is 22.8. The number of hydrogen-bond donors (Lipinski definition) is 1. The fraction of sp³-hybridized carbons (Fsp3) is 0.0526.